The number of aromatic nitrogens is 5. The van der Waals surface area contributed by atoms with Crippen molar-refractivity contribution in [3.05, 3.63) is 54.6 Å². The molecule has 6 rings (SSSR count). The summed E-state index contributed by atoms with van der Waals surface area (Å²) in [5.41, 5.74) is 5.10. The van der Waals surface area contributed by atoms with Crippen molar-refractivity contribution < 1.29 is 4.79 Å². The van der Waals surface area contributed by atoms with Crippen LogP contribution in [0.5, 0.6) is 0 Å². The Morgan fingerprint density at radius 1 is 1.16 bits per heavy atom. The van der Waals surface area contributed by atoms with E-state index in [1.165, 1.54) is 0 Å². The average Bonchev–Trinajstić information content (AvgIpc) is 3.41. The molecular weight excluding hydrogens is 392 g/mol. The smallest absolute Gasteiger partial charge is 0.329 e. The van der Waals surface area contributed by atoms with Crippen LogP contribution in [0, 0.1) is 6.92 Å². The number of carbonyl (C=O) groups is 1. The first-order valence-electron chi connectivity index (χ1n) is 10.2. The second-order valence-corrected chi connectivity index (χ2v) is 7.88. The molecular formula is C22H20N8O. The molecule has 2 N–H and O–H groups in total. The van der Waals surface area contributed by atoms with Gasteiger partial charge in [-0.05, 0) is 49.7 Å². The van der Waals surface area contributed by atoms with E-state index in [9.17, 15) is 4.79 Å². The fourth-order valence-electron chi connectivity index (χ4n) is 4.40. The van der Waals surface area contributed by atoms with E-state index in [1.54, 1.807) is 23.5 Å². The third kappa shape index (κ3) is 2.97. The third-order valence-electron chi connectivity index (χ3n) is 5.88. The van der Waals surface area contributed by atoms with Crippen molar-refractivity contribution in [1.82, 2.24) is 24.9 Å². The molecule has 31 heavy (non-hydrogen) atoms. The number of urea groups is 1. The molecule has 154 valence electrons. The van der Waals surface area contributed by atoms with Gasteiger partial charge in [0.15, 0.2) is 11.5 Å². The van der Waals surface area contributed by atoms with E-state index in [1.807, 2.05) is 31.2 Å². The van der Waals surface area contributed by atoms with E-state index < -0.39 is 0 Å². The number of imidazole rings is 1. The Bertz CT molecular complexity index is 1320. The van der Waals surface area contributed by atoms with Crippen LogP contribution in [-0.2, 0) is 0 Å². The Morgan fingerprint density at radius 3 is 3.00 bits per heavy atom. The first-order valence-corrected chi connectivity index (χ1v) is 10.2. The maximum absolute atomic E-state index is 13.4. The largest absolute Gasteiger partial charge is 0.366 e. The molecule has 1 fully saturated rings. The summed E-state index contributed by atoms with van der Waals surface area (Å²) >= 11 is 0. The van der Waals surface area contributed by atoms with E-state index in [-0.39, 0.29) is 12.1 Å². The van der Waals surface area contributed by atoms with Crippen molar-refractivity contribution in [2.75, 3.05) is 28.2 Å². The molecule has 4 aromatic rings. The van der Waals surface area contributed by atoms with Crippen LogP contribution >= 0.6 is 0 Å². The molecule has 0 spiro atoms. The highest BCUT2D eigenvalue weighted by atomic mass is 16.2. The predicted octanol–water partition coefficient (Wildman–Crippen LogP) is 3.35. The van der Waals surface area contributed by atoms with Gasteiger partial charge in [0, 0.05) is 30.5 Å². The summed E-state index contributed by atoms with van der Waals surface area (Å²) in [6.45, 7) is 3.67. The number of anilines is 3. The summed E-state index contributed by atoms with van der Waals surface area (Å²) in [6.07, 6.45) is 4.27. The van der Waals surface area contributed by atoms with Gasteiger partial charge in [0.2, 0.25) is 0 Å². The standard InChI is InChI=1S/C22H20N8O/c1-13-10-14(6-8-23-13)16-2-4-18-21(26-16)30(15-7-9-29(18)11-15)22(31)28-19-5-3-17-20(27-19)25-12-24-17/h2-6,8,10,12,15H,7,9,11H2,1H3,(H2,24,25,27,28,31). The summed E-state index contributed by atoms with van der Waals surface area (Å²) in [6, 6.07) is 11.5. The number of nitrogens with zero attached hydrogens (tertiary/aromatic N) is 6. The number of rotatable bonds is 2. The van der Waals surface area contributed by atoms with Crippen LogP contribution in [0.1, 0.15) is 12.1 Å². The number of pyridine rings is 3. The van der Waals surface area contributed by atoms with Crippen LogP contribution in [0.25, 0.3) is 22.4 Å². The van der Waals surface area contributed by atoms with E-state index in [4.69, 9.17) is 4.98 Å². The van der Waals surface area contributed by atoms with Gasteiger partial charge in [-0.25, -0.2) is 19.7 Å². The molecule has 4 aromatic heterocycles. The van der Waals surface area contributed by atoms with Gasteiger partial charge in [-0.1, -0.05) is 0 Å². The van der Waals surface area contributed by atoms with Crippen molar-refractivity contribution in [1.29, 1.82) is 0 Å². The summed E-state index contributed by atoms with van der Waals surface area (Å²) < 4.78 is 0. The van der Waals surface area contributed by atoms with Crippen molar-refractivity contribution in [2.45, 2.75) is 19.4 Å². The maximum Gasteiger partial charge on any atom is 0.329 e. The number of aryl methyl sites for hydroxylation is 1. The van der Waals surface area contributed by atoms with E-state index in [0.717, 1.165) is 47.7 Å². The Morgan fingerprint density at radius 2 is 2.10 bits per heavy atom. The SMILES string of the molecule is Cc1cc(-c2ccc3c(n2)N(C(=O)Nc2ccc4[nH]cnc4n2)C2CCN3C2)ccn1. The van der Waals surface area contributed by atoms with Crippen molar-refractivity contribution in [3.8, 4) is 11.3 Å². The van der Waals surface area contributed by atoms with Crippen molar-refractivity contribution >= 4 is 34.5 Å². The normalized spacial score (nSPS) is 17.1. The molecule has 2 aliphatic heterocycles. The second-order valence-electron chi connectivity index (χ2n) is 7.88. The molecule has 0 saturated carbocycles. The van der Waals surface area contributed by atoms with Crippen LogP contribution in [0.3, 0.4) is 0 Å². The Labute approximate surface area is 178 Å². The monoisotopic (exact) mass is 412 g/mol. The lowest BCUT2D eigenvalue weighted by molar-refractivity contribution is 0.254. The van der Waals surface area contributed by atoms with Crippen LogP contribution < -0.4 is 15.1 Å². The van der Waals surface area contributed by atoms with Gasteiger partial charge in [0.1, 0.15) is 5.82 Å². The minimum atomic E-state index is -0.231. The van der Waals surface area contributed by atoms with Crippen LogP contribution in [0.2, 0.25) is 0 Å². The van der Waals surface area contributed by atoms with Crippen molar-refractivity contribution in [2.24, 2.45) is 0 Å². The molecule has 2 bridgehead atoms. The Hall–Kier alpha value is -4.01. The highest BCUT2D eigenvalue weighted by molar-refractivity contribution is 6.04. The lowest BCUT2D eigenvalue weighted by Crippen LogP contribution is -2.48. The van der Waals surface area contributed by atoms with Gasteiger partial charge in [-0.15, -0.1) is 0 Å². The molecule has 1 saturated heterocycles. The zero-order valence-corrected chi connectivity index (χ0v) is 16.9. The Kier molecular flexibility index (Phi) is 3.89. The van der Waals surface area contributed by atoms with Gasteiger partial charge >= 0.3 is 6.03 Å². The van der Waals surface area contributed by atoms with Crippen LogP contribution in [0.4, 0.5) is 22.1 Å². The highest BCUT2D eigenvalue weighted by Gasteiger charge is 2.40. The summed E-state index contributed by atoms with van der Waals surface area (Å²) in [7, 11) is 0. The highest BCUT2D eigenvalue weighted by Crippen LogP contribution is 2.40. The average molecular weight is 412 g/mol. The molecule has 2 amide bonds. The van der Waals surface area contributed by atoms with Crippen molar-refractivity contribution in [3.63, 3.8) is 0 Å². The fraction of sp³-hybridized carbons (Fsp3) is 0.227. The maximum atomic E-state index is 13.4. The van der Waals surface area contributed by atoms with Crippen LogP contribution in [-0.4, -0.2) is 50.1 Å². The lowest BCUT2D eigenvalue weighted by Gasteiger charge is -2.35. The van der Waals surface area contributed by atoms with Gasteiger partial charge in [-0.3, -0.25) is 15.2 Å². The topological polar surface area (TPSA) is 103 Å². The van der Waals surface area contributed by atoms with Crippen LogP contribution in [0.15, 0.2) is 48.9 Å². The molecule has 9 heteroatoms. The zero-order valence-electron chi connectivity index (χ0n) is 16.9. The number of nitrogens with one attached hydrogen (secondary N) is 2. The summed E-state index contributed by atoms with van der Waals surface area (Å²) in [5, 5.41) is 2.94. The molecule has 0 radical (unpaired) electrons. The first kappa shape index (κ1) is 17.8. The first-order chi connectivity index (χ1) is 15.2. The zero-order chi connectivity index (χ0) is 20.9. The number of H-pyrrole nitrogens is 1. The van der Waals surface area contributed by atoms with E-state index >= 15 is 0 Å². The number of carbonyl (C=O) groups excluding carboxylic acids is 1. The second kappa shape index (κ2) is 6.76. The quantitative estimate of drug-likeness (QED) is 0.523. The number of aromatic amines is 1. The van der Waals surface area contributed by atoms with Gasteiger partial charge < -0.3 is 9.88 Å². The van der Waals surface area contributed by atoms with Gasteiger partial charge in [0.05, 0.1) is 29.3 Å². The number of fused-ring (bicyclic) bond motifs is 5. The molecule has 1 atom stereocenters. The third-order valence-corrected chi connectivity index (χ3v) is 5.88. The van der Waals surface area contributed by atoms with Gasteiger partial charge in [0.25, 0.3) is 0 Å². The molecule has 0 aromatic carbocycles. The fourth-order valence-corrected chi connectivity index (χ4v) is 4.40. The number of hydrogen-bond donors (Lipinski definition) is 2. The lowest BCUT2D eigenvalue weighted by atomic mass is 10.1. The minimum Gasteiger partial charge on any atom is -0.366 e. The number of amides is 2. The Balaban J connectivity index is 1.38. The summed E-state index contributed by atoms with van der Waals surface area (Å²) in [4.78, 5) is 38.2. The molecule has 1 unspecified atom stereocenters. The molecule has 6 heterocycles. The van der Waals surface area contributed by atoms with E-state index in [2.05, 4.69) is 36.2 Å². The van der Waals surface area contributed by atoms with E-state index in [0.29, 0.717) is 17.3 Å². The minimum absolute atomic E-state index is 0.0727. The number of hydrogen-bond acceptors (Lipinski definition) is 6. The summed E-state index contributed by atoms with van der Waals surface area (Å²) in [5.74, 6) is 1.14. The predicted molar refractivity (Wildman–Crippen MR) is 118 cm³/mol. The molecule has 9 nitrogen and oxygen atoms in total. The molecule has 2 aliphatic rings. The van der Waals surface area contributed by atoms with Gasteiger partial charge in [-0.2, -0.15) is 0 Å². The molecule has 0 aliphatic carbocycles.